The van der Waals surface area contributed by atoms with E-state index in [1.165, 1.54) is 12.1 Å². The number of rotatable bonds is 3. The molecule has 0 saturated carbocycles. The van der Waals surface area contributed by atoms with E-state index in [1.807, 2.05) is 4.72 Å². The number of anilines is 1. The predicted octanol–water partition coefficient (Wildman–Crippen LogP) is 3.73. The van der Waals surface area contributed by atoms with Crippen LogP contribution in [0.3, 0.4) is 0 Å². The van der Waals surface area contributed by atoms with Crippen LogP contribution in [-0.2, 0) is 10.0 Å². The second-order valence-corrected chi connectivity index (χ2v) is 6.20. The Labute approximate surface area is 120 Å². The summed E-state index contributed by atoms with van der Waals surface area (Å²) in [6.07, 6.45) is 0. The molecule has 0 radical (unpaired) electrons. The number of sulfonamides is 1. The highest BCUT2D eigenvalue weighted by Gasteiger charge is 2.20. The van der Waals surface area contributed by atoms with Crippen molar-refractivity contribution >= 4 is 27.3 Å². The molecule has 0 aromatic heterocycles. The molecule has 0 unspecified atom stereocenters. The lowest BCUT2D eigenvalue weighted by Crippen LogP contribution is -2.14. The van der Waals surface area contributed by atoms with E-state index in [4.69, 9.17) is 11.6 Å². The lowest BCUT2D eigenvalue weighted by Gasteiger charge is -2.11. The van der Waals surface area contributed by atoms with Crippen molar-refractivity contribution in [3.63, 3.8) is 0 Å². The fraction of sp³-hybridized carbons (Fsp3) is 0.0769. The minimum Gasteiger partial charge on any atom is -0.275 e. The Hall–Kier alpha value is -1.66. The Morgan fingerprint density at radius 1 is 1.00 bits per heavy atom. The first-order valence-electron chi connectivity index (χ1n) is 5.54. The summed E-state index contributed by atoms with van der Waals surface area (Å²) in [5, 5.41) is -0.610. The molecule has 7 heteroatoms. The van der Waals surface area contributed by atoms with E-state index in [-0.39, 0.29) is 4.90 Å². The molecule has 106 valence electrons. The SMILES string of the molecule is Cc1ccc(S(=O)(=O)Nc2c(F)ccc(F)c2Cl)cc1. The van der Waals surface area contributed by atoms with E-state index < -0.39 is 32.4 Å². The molecule has 2 aromatic carbocycles. The Morgan fingerprint density at radius 2 is 1.55 bits per heavy atom. The van der Waals surface area contributed by atoms with Crippen molar-refractivity contribution in [2.75, 3.05) is 4.72 Å². The van der Waals surface area contributed by atoms with Gasteiger partial charge in [-0.05, 0) is 31.2 Å². The van der Waals surface area contributed by atoms with Crippen molar-refractivity contribution in [1.29, 1.82) is 0 Å². The highest BCUT2D eigenvalue weighted by atomic mass is 35.5. The minimum absolute atomic E-state index is 0.0668. The van der Waals surface area contributed by atoms with Crippen LogP contribution in [0.25, 0.3) is 0 Å². The van der Waals surface area contributed by atoms with Crippen LogP contribution in [0, 0.1) is 18.6 Å². The molecule has 20 heavy (non-hydrogen) atoms. The maximum Gasteiger partial charge on any atom is 0.262 e. The molecule has 0 atom stereocenters. The molecule has 0 aliphatic heterocycles. The fourth-order valence-corrected chi connectivity index (χ4v) is 2.87. The van der Waals surface area contributed by atoms with Gasteiger partial charge in [0.05, 0.1) is 4.90 Å². The van der Waals surface area contributed by atoms with Gasteiger partial charge in [0.2, 0.25) is 0 Å². The lowest BCUT2D eigenvalue weighted by atomic mass is 10.2. The summed E-state index contributed by atoms with van der Waals surface area (Å²) in [7, 11) is -4.03. The van der Waals surface area contributed by atoms with Crippen molar-refractivity contribution in [2.24, 2.45) is 0 Å². The van der Waals surface area contributed by atoms with E-state index in [1.54, 1.807) is 19.1 Å². The molecule has 0 heterocycles. The zero-order chi connectivity index (χ0) is 14.9. The number of hydrogen-bond donors (Lipinski definition) is 1. The summed E-state index contributed by atoms with van der Waals surface area (Å²) >= 11 is 5.58. The number of nitrogens with one attached hydrogen (secondary N) is 1. The van der Waals surface area contributed by atoms with Crippen molar-refractivity contribution in [3.8, 4) is 0 Å². The molecule has 3 nitrogen and oxygen atoms in total. The molecule has 0 spiro atoms. The first kappa shape index (κ1) is 14.7. The topological polar surface area (TPSA) is 46.2 Å². The van der Waals surface area contributed by atoms with Crippen LogP contribution in [0.4, 0.5) is 14.5 Å². The summed E-state index contributed by atoms with van der Waals surface area (Å²) in [5.74, 6) is -1.86. The summed E-state index contributed by atoms with van der Waals surface area (Å²) in [5.41, 5.74) is 0.270. The van der Waals surface area contributed by atoms with Crippen molar-refractivity contribution in [2.45, 2.75) is 11.8 Å². The zero-order valence-electron chi connectivity index (χ0n) is 10.3. The van der Waals surface area contributed by atoms with E-state index in [2.05, 4.69) is 0 Å². The minimum atomic E-state index is -4.03. The van der Waals surface area contributed by atoms with Gasteiger partial charge in [-0.3, -0.25) is 4.72 Å². The zero-order valence-corrected chi connectivity index (χ0v) is 11.9. The molecule has 0 amide bonds. The molecule has 0 aliphatic rings. The molecular weight excluding hydrogens is 308 g/mol. The average Bonchev–Trinajstić information content (AvgIpc) is 2.40. The van der Waals surface area contributed by atoms with Gasteiger partial charge >= 0.3 is 0 Å². The maximum absolute atomic E-state index is 13.6. The molecule has 0 fully saturated rings. The molecule has 2 rings (SSSR count). The molecule has 1 N–H and O–H groups in total. The summed E-state index contributed by atoms with van der Waals surface area (Å²) in [6, 6.07) is 7.54. The highest BCUT2D eigenvalue weighted by Crippen LogP contribution is 2.29. The van der Waals surface area contributed by atoms with E-state index in [0.717, 1.165) is 17.7 Å². The number of benzene rings is 2. The Bertz CT molecular complexity index is 746. The predicted molar refractivity (Wildman–Crippen MR) is 73.4 cm³/mol. The second kappa shape index (κ2) is 5.38. The van der Waals surface area contributed by atoms with Gasteiger partial charge in [-0.1, -0.05) is 29.3 Å². The van der Waals surface area contributed by atoms with Crippen LogP contribution in [-0.4, -0.2) is 8.42 Å². The van der Waals surface area contributed by atoms with E-state index in [9.17, 15) is 17.2 Å². The number of aryl methyl sites for hydroxylation is 1. The molecule has 0 bridgehead atoms. The third-order valence-electron chi connectivity index (χ3n) is 2.61. The average molecular weight is 318 g/mol. The van der Waals surface area contributed by atoms with E-state index in [0.29, 0.717) is 0 Å². The first-order valence-corrected chi connectivity index (χ1v) is 7.40. The standard InChI is InChI=1S/C13H10ClF2NO2S/c1-8-2-4-9(5-3-8)20(18,19)17-13-11(16)7-6-10(15)12(13)14/h2-7,17H,1H3. The van der Waals surface area contributed by atoms with Gasteiger partial charge in [-0.15, -0.1) is 0 Å². The van der Waals surface area contributed by atoms with Crippen LogP contribution in [0.2, 0.25) is 5.02 Å². The number of hydrogen-bond acceptors (Lipinski definition) is 2. The summed E-state index contributed by atoms with van der Waals surface area (Å²) < 4.78 is 52.9. The normalized spacial score (nSPS) is 11.4. The van der Waals surface area contributed by atoms with Crippen LogP contribution in [0.5, 0.6) is 0 Å². The van der Waals surface area contributed by atoms with Gasteiger partial charge in [0, 0.05) is 0 Å². The number of halogens is 3. The van der Waals surface area contributed by atoms with Gasteiger partial charge in [0.25, 0.3) is 10.0 Å². The van der Waals surface area contributed by atoms with Crippen molar-refractivity contribution in [1.82, 2.24) is 0 Å². The van der Waals surface area contributed by atoms with Crippen molar-refractivity contribution in [3.05, 3.63) is 58.6 Å². The quantitative estimate of drug-likeness (QED) is 0.877. The van der Waals surface area contributed by atoms with E-state index >= 15 is 0 Å². The first-order chi connectivity index (χ1) is 9.31. The smallest absolute Gasteiger partial charge is 0.262 e. The molecule has 2 aromatic rings. The molecule has 0 saturated heterocycles. The Kier molecular flexibility index (Phi) is 3.96. The van der Waals surface area contributed by atoms with Gasteiger partial charge in [0.15, 0.2) is 0 Å². The van der Waals surface area contributed by atoms with Crippen molar-refractivity contribution < 1.29 is 17.2 Å². The van der Waals surface area contributed by atoms with Gasteiger partial charge < -0.3 is 0 Å². The Morgan fingerprint density at radius 3 is 2.15 bits per heavy atom. The second-order valence-electron chi connectivity index (χ2n) is 4.14. The van der Waals surface area contributed by atoms with Gasteiger partial charge in [0.1, 0.15) is 22.3 Å². The van der Waals surface area contributed by atoms with Crippen LogP contribution >= 0.6 is 11.6 Å². The fourth-order valence-electron chi connectivity index (χ4n) is 1.53. The summed E-state index contributed by atoms with van der Waals surface area (Å²) in [4.78, 5) is -0.0668. The lowest BCUT2D eigenvalue weighted by molar-refractivity contribution is 0.594. The highest BCUT2D eigenvalue weighted by molar-refractivity contribution is 7.92. The van der Waals surface area contributed by atoms with Gasteiger partial charge in [-0.25, -0.2) is 17.2 Å². The third-order valence-corrected chi connectivity index (χ3v) is 4.35. The van der Waals surface area contributed by atoms with Gasteiger partial charge in [-0.2, -0.15) is 0 Å². The van der Waals surface area contributed by atoms with Crippen LogP contribution in [0.1, 0.15) is 5.56 Å². The maximum atomic E-state index is 13.6. The monoisotopic (exact) mass is 317 g/mol. The third kappa shape index (κ3) is 2.91. The van der Waals surface area contributed by atoms with Crippen LogP contribution in [0.15, 0.2) is 41.3 Å². The largest absolute Gasteiger partial charge is 0.275 e. The summed E-state index contributed by atoms with van der Waals surface area (Å²) in [6.45, 7) is 1.80. The molecular formula is C13H10ClF2NO2S. The molecule has 0 aliphatic carbocycles. The van der Waals surface area contributed by atoms with Crippen LogP contribution < -0.4 is 4.72 Å². The Balaban J connectivity index is 2.43.